The Balaban J connectivity index is 2.02. The van der Waals surface area contributed by atoms with E-state index >= 15 is 0 Å². The Morgan fingerprint density at radius 1 is 1.47 bits per heavy atom. The molecule has 2 aromatic rings. The molecule has 0 aliphatic carbocycles. The predicted molar refractivity (Wildman–Crippen MR) is 77.5 cm³/mol. The van der Waals surface area contributed by atoms with Crippen molar-refractivity contribution in [3.05, 3.63) is 24.3 Å². The minimum Gasteiger partial charge on any atom is -0.322 e. The van der Waals surface area contributed by atoms with Crippen molar-refractivity contribution in [3.8, 4) is 0 Å². The van der Waals surface area contributed by atoms with Gasteiger partial charge in [-0.2, -0.15) is 0 Å². The van der Waals surface area contributed by atoms with Crippen molar-refractivity contribution in [2.24, 2.45) is 0 Å². The number of pyridine rings is 1. The van der Waals surface area contributed by atoms with Crippen LogP contribution in [0.25, 0.3) is 11.0 Å². The van der Waals surface area contributed by atoms with Crippen LogP contribution in [0.1, 0.15) is 31.6 Å². The Bertz CT molecular complexity index is 566. The SMILES string of the molecule is CCN1CCCC(n2c(CCl)nc3cnccc32)C1. The Kier molecular flexibility index (Phi) is 3.71. The van der Waals surface area contributed by atoms with Crippen LogP contribution in [-0.4, -0.2) is 39.1 Å². The number of imidazole rings is 1. The molecule has 0 amide bonds. The molecule has 3 rings (SSSR count). The molecule has 1 aliphatic rings. The number of fused-ring (bicyclic) bond motifs is 1. The molecule has 1 saturated heterocycles. The van der Waals surface area contributed by atoms with E-state index in [0.717, 1.165) is 29.9 Å². The van der Waals surface area contributed by atoms with Crippen molar-refractivity contribution in [3.63, 3.8) is 0 Å². The van der Waals surface area contributed by atoms with Gasteiger partial charge in [-0.15, -0.1) is 11.6 Å². The lowest BCUT2D eigenvalue weighted by Crippen LogP contribution is -2.36. The van der Waals surface area contributed by atoms with Crippen LogP contribution >= 0.6 is 11.6 Å². The lowest BCUT2D eigenvalue weighted by Gasteiger charge is -2.33. The van der Waals surface area contributed by atoms with Gasteiger partial charge in [-0.3, -0.25) is 4.98 Å². The first kappa shape index (κ1) is 12.9. The standard InChI is InChI=1S/C14H19ClN4/c1-2-18-7-3-4-11(10-18)19-13-5-6-16-9-12(13)17-14(19)8-15/h5-6,9,11H,2-4,7-8,10H2,1H3. The summed E-state index contributed by atoms with van der Waals surface area (Å²) in [5, 5.41) is 0. The van der Waals surface area contributed by atoms with Crippen LogP contribution in [0, 0.1) is 0 Å². The van der Waals surface area contributed by atoms with Crippen molar-refractivity contribution in [2.45, 2.75) is 31.7 Å². The van der Waals surface area contributed by atoms with Crippen molar-refractivity contribution in [2.75, 3.05) is 19.6 Å². The van der Waals surface area contributed by atoms with Crippen molar-refractivity contribution < 1.29 is 0 Å². The Morgan fingerprint density at radius 2 is 2.37 bits per heavy atom. The van der Waals surface area contributed by atoms with E-state index in [-0.39, 0.29) is 0 Å². The lowest BCUT2D eigenvalue weighted by atomic mass is 10.1. The highest BCUT2D eigenvalue weighted by molar-refractivity contribution is 6.16. The molecule has 0 saturated carbocycles. The first-order valence-electron chi connectivity index (χ1n) is 6.92. The second-order valence-corrected chi connectivity index (χ2v) is 5.35. The van der Waals surface area contributed by atoms with Crippen LogP contribution < -0.4 is 0 Å². The van der Waals surface area contributed by atoms with Gasteiger partial charge in [0.2, 0.25) is 0 Å². The van der Waals surface area contributed by atoms with Gasteiger partial charge in [0.1, 0.15) is 11.3 Å². The van der Waals surface area contributed by atoms with Gasteiger partial charge >= 0.3 is 0 Å². The van der Waals surface area contributed by atoms with Crippen LogP contribution in [0.4, 0.5) is 0 Å². The number of piperidine rings is 1. The van der Waals surface area contributed by atoms with Crippen LogP contribution in [0.5, 0.6) is 0 Å². The predicted octanol–water partition coefficient (Wildman–Crippen LogP) is 2.83. The molecular weight excluding hydrogens is 260 g/mol. The number of aromatic nitrogens is 3. The molecule has 5 heteroatoms. The quantitative estimate of drug-likeness (QED) is 0.810. The monoisotopic (exact) mass is 278 g/mol. The maximum atomic E-state index is 6.08. The van der Waals surface area contributed by atoms with Gasteiger partial charge in [0.15, 0.2) is 0 Å². The van der Waals surface area contributed by atoms with Gasteiger partial charge in [0.05, 0.1) is 17.6 Å². The molecule has 0 radical (unpaired) electrons. The fourth-order valence-electron chi connectivity index (χ4n) is 3.03. The van der Waals surface area contributed by atoms with Gasteiger partial charge in [-0.25, -0.2) is 4.98 Å². The molecule has 2 aromatic heterocycles. The normalized spacial score (nSPS) is 21.1. The van der Waals surface area contributed by atoms with E-state index in [1.807, 2.05) is 18.5 Å². The molecule has 0 spiro atoms. The molecule has 0 bridgehead atoms. The molecular formula is C14H19ClN4. The van der Waals surface area contributed by atoms with Gasteiger partial charge in [0.25, 0.3) is 0 Å². The molecule has 1 fully saturated rings. The summed E-state index contributed by atoms with van der Waals surface area (Å²) in [4.78, 5) is 11.3. The molecule has 1 aliphatic heterocycles. The molecule has 0 N–H and O–H groups in total. The molecule has 4 nitrogen and oxygen atoms in total. The number of hydrogen-bond donors (Lipinski definition) is 0. The summed E-state index contributed by atoms with van der Waals surface area (Å²) in [6, 6.07) is 2.53. The van der Waals surface area contributed by atoms with Crippen LogP contribution in [0.2, 0.25) is 0 Å². The zero-order chi connectivity index (χ0) is 13.2. The zero-order valence-electron chi connectivity index (χ0n) is 11.2. The number of halogens is 1. The van der Waals surface area contributed by atoms with E-state index in [4.69, 9.17) is 11.6 Å². The average molecular weight is 279 g/mol. The van der Waals surface area contributed by atoms with Crippen molar-refractivity contribution >= 4 is 22.6 Å². The Hall–Kier alpha value is -1.13. The molecule has 3 heterocycles. The first-order valence-corrected chi connectivity index (χ1v) is 7.46. The van der Waals surface area contributed by atoms with Crippen molar-refractivity contribution in [1.29, 1.82) is 0 Å². The molecule has 19 heavy (non-hydrogen) atoms. The number of alkyl halides is 1. The molecule has 1 atom stereocenters. The summed E-state index contributed by atoms with van der Waals surface area (Å²) in [5.74, 6) is 1.42. The topological polar surface area (TPSA) is 34.0 Å². The van der Waals surface area contributed by atoms with E-state index in [9.17, 15) is 0 Å². The molecule has 0 aromatic carbocycles. The molecule has 102 valence electrons. The third kappa shape index (κ3) is 2.35. The Labute approximate surface area is 118 Å². The summed E-state index contributed by atoms with van der Waals surface area (Å²) >= 11 is 6.08. The highest BCUT2D eigenvalue weighted by atomic mass is 35.5. The van der Waals surface area contributed by atoms with E-state index in [1.165, 1.54) is 19.4 Å². The third-order valence-electron chi connectivity index (χ3n) is 3.98. The highest BCUT2D eigenvalue weighted by Crippen LogP contribution is 2.28. The second kappa shape index (κ2) is 5.47. The number of hydrogen-bond acceptors (Lipinski definition) is 3. The van der Waals surface area contributed by atoms with Gasteiger partial charge in [-0.1, -0.05) is 6.92 Å². The fraction of sp³-hybridized carbons (Fsp3) is 0.571. The lowest BCUT2D eigenvalue weighted by molar-refractivity contribution is 0.186. The van der Waals surface area contributed by atoms with Gasteiger partial charge in [0, 0.05) is 18.8 Å². The van der Waals surface area contributed by atoms with E-state index in [0.29, 0.717) is 11.9 Å². The van der Waals surface area contributed by atoms with Crippen LogP contribution in [0.15, 0.2) is 18.5 Å². The number of rotatable bonds is 3. The number of likely N-dealkylation sites (tertiary alicyclic amines) is 1. The first-order chi connectivity index (χ1) is 9.33. The Morgan fingerprint density at radius 3 is 3.16 bits per heavy atom. The summed E-state index contributed by atoms with van der Waals surface area (Å²) in [7, 11) is 0. The molecule has 1 unspecified atom stereocenters. The minimum atomic E-state index is 0.456. The number of nitrogens with zero attached hydrogens (tertiary/aromatic N) is 4. The summed E-state index contributed by atoms with van der Waals surface area (Å²) in [6.45, 7) is 5.63. The average Bonchev–Trinajstić information content (AvgIpc) is 2.85. The largest absolute Gasteiger partial charge is 0.322 e. The van der Waals surface area contributed by atoms with Crippen LogP contribution in [0.3, 0.4) is 0 Å². The summed E-state index contributed by atoms with van der Waals surface area (Å²) in [6.07, 6.45) is 6.10. The summed E-state index contributed by atoms with van der Waals surface area (Å²) in [5.41, 5.74) is 2.11. The smallest absolute Gasteiger partial charge is 0.125 e. The summed E-state index contributed by atoms with van der Waals surface area (Å²) < 4.78 is 2.33. The van der Waals surface area contributed by atoms with E-state index < -0.39 is 0 Å². The third-order valence-corrected chi connectivity index (χ3v) is 4.22. The van der Waals surface area contributed by atoms with Crippen LogP contribution in [-0.2, 0) is 5.88 Å². The maximum absolute atomic E-state index is 6.08. The number of likely N-dealkylation sites (N-methyl/N-ethyl adjacent to an activating group) is 1. The maximum Gasteiger partial charge on any atom is 0.125 e. The minimum absolute atomic E-state index is 0.456. The van der Waals surface area contributed by atoms with E-state index in [2.05, 4.69) is 26.4 Å². The zero-order valence-corrected chi connectivity index (χ0v) is 12.0. The fourth-order valence-corrected chi connectivity index (χ4v) is 3.22. The van der Waals surface area contributed by atoms with E-state index in [1.54, 1.807) is 0 Å². The van der Waals surface area contributed by atoms with Gasteiger partial charge in [-0.05, 0) is 32.0 Å². The van der Waals surface area contributed by atoms with Gasteiger partial charge < -0.3 is 9.47 Å². The van der Waals surface area contributed by atoms with Crippen molar-refractivity contribution in [1.82, 2.24) is 19.4 Å². The second-order valence-electron chi connectivity index (χ2n) is 5.09. The highest BCUT2D eigenvalue weighted by Gasteiger charge is 2.24.